The van der Waals surface area contributed by atoms with Gasteiger partial charge in [0, 0.05) is 10.7 Å². The third-order valence-corrected chi connectivity index (χ3v) is 3.55. The van der Waals surface area contributed by atoms with Gasteiger partial charge in [0.2, 0.25) is 5.91 Å². The summed E-state index contributed by atoms with van der Waals surface area (Å²) in [7, 11) is 0. The molecule has 88 valence electrons. The number of alkyl halides is 2. The maximum atomic E-state index is 11.6. The summed E-state index contributed by atoms with van der Waals surface area (Å²) in [5.41, 5.74) is 1.46. The number of anilines is 1. The van der Waals surface area contributed by atoms with Crippen LogP contribution >= 0.6 is 34.8 Å². The van der Waals surface area contributed by atoms with Crippen molar-refractivity contribution in [3.05, 3.63) is 28.8 Å². The molecule has 1 rings (SSSR count). The van der Waals surface area contributed by atoms with Gasteiger partial charge in [-0.3, -0.25) is 4.79 Å². The van der Waals surface area contributed by atoms with Gasteiger partial charge in [0.1, 0.15) is 5.38 Å². The SMILES string of the molecule is Cc1c(Cl)cccc1NC(=O)[C@H](Cl)[C@H](C)Cl. The van der Waals surface area contributed by atoms with Gasteiger partial charge < -0.3 is 5.32 Å². The molecule has 0 unspecified atom stereocenters. The number of carbonyl (C=O) groups excluding carboxylic acids is 1. The molecule has 0 spiro atoms. The molecule has 0 saturated carbocycles. The van der Waals surface area contributed by atoms with Gasteiger partial charge in [-0.15, -0.1) is 23.2 Å². The molecule has 0 fully saturated rings. The summed E-state index contributed by atoms with van der Waals surface area (Å²) in [4.78, 5) is 11.6. The highest BCUT2D eigenvalue weighted by Gasteiger charge is 2.21. The Bertz CT molecular complexity index is 393. The maximum absolute atomic E-state index is 11.6. The van der Waals surface area contributed by atoms with Crippen LogP contribution in [0, 0.1) is 6.92 Å². The van der Waals surface area contributed by atoms with Crippen molar-refractivity contribution in [1.82, 2.24) is 0 Å². The van der Waals surface area contributed by atoms with Crippen LogP contribution in [0.1, 0.15) is 12.5 Å². The lowest BCUT2D eigenvalue weighted by molar-refractivity contribution is -0.115. The highest BCUT2D eigenvalue weighted by atomic mass is 35.5. The molecule has 5 heteroatoms. The van der Waals surface area contributed by atoms with E-state index in [1.165, 1.54) is 0 Å². The lowest BCUT2D eigenvalue weighted by atomic mass is 10.2. The molecule has 0 bridgehead atoms. The Morgan fingerprint density at radius 2 is 2.00 bits per heavy atom. The predicted molar refractivity (Wildman–Crippen MR) is 69.8 cm³/mol. The summed E-state index contributed by atoms with van der Waals surface area (Å²) < 4.78 is 0. The lowest BCUT2D eigenvalue weighted by Gasteiger charge is -2.14. The molecule has 2 nitrogen and oxygen atoms in total. The molecule has 1 amide bonds. The highest BCUT2D eigenvalue weighted by Crippen LogP contribution is 2.23. The van der Waals surface area contributed by atoms with Crippen molar-refractivity contribution in [3.63, 3.8) is 0 Å². The lowest BCUT2D eigenvalue weighted by Crippen LogP contribution is -2.29. The summed E-state index contributed by atoms with van der Waals surface area (Å²) >= 11 is 17.5. The molecule has 0 radical (unpaired) electrons. The number of amides is 1. The number of rotatable bonds is 3. The van der Waals surface area contributed by atoms with E-state index < -0.39 is 10.8 Å². The first-order valence-corrected chi connectivity index (χ1v) is 6.02. The molecule has 0 aromatic heterocycles. The zero-order valence-electron chi connectivity index (χ0n) is 8.93. The quantitative estimate of drug-likeness (QED) is 0.838. The fourth-order valence-corrected chi connectivity index (χ4v) is 1.50. The standard InChI is InChI=1S/C11H12Cl3NO/c1-6-8(13)4-3-5-9(6)15-11(16)10(14)7(2)12/h3-5,7,10H,1-2H3,(H,15,16)/t7-,10+/m0/s1. The average molecular weight is 281 g/mol. The van der Waals surface area contributed by atoms with Crippen LogP contribution < -0.4 is 5.32 Å². The number of halogens is 3. The van der Waals surface area contributed by atoms with Crippen molar-refractivity contribution in [2.45, 2.75) is 24.6 Å². The van der Waals surface area contributed by atoms with Crippen LogP contribution in [0.3, 0.4) is 0 Å². The molecular formula is C11H12Cl3NO. The molecule has 0 saturated heterocycles. The monoisotopic (exact) mass is 279 g/mol. The zero-order chi connectivity index (χ0) is 12.3. The smallest absolute Gasteiger partial charge is 0.243 e. The third-order valence-electron chi connectivity index (χ3n) is 2.18. The molecule has 0 heterocycles. The van der Waals surface area contributed by atoms with Crippen LogP contribution in [0.25, 0.3) is 0 Å². The van der Waals surface area contributed by atoms with E-state index in [1.807, 2.05) is 6.92 Å². The number of benzene rings is 1. The Hall–Kier alpha value is -0.440. The van der Waals surface area contributed by atoms with E-state index in [-0.39, 0.29) is 5.91 Å². The largest absolute Gasteiger partial charge is 0.324 e. The number of carbonyl (C=O) groups is 1. The molecule has 16 heavy (non-hydrogen) atoms. The average Bonchev–Trinajstić information content (AvgIpc) is 2.23. The Morgan fingerprint density at radius 3 is 2.56 bits per heavy atom. The van der Waals surface area contributed by atoms with E-state index in [0.29, 0.717) is 10.7 Å². The first-order chi connectivity index (χ1) is 7.43. The molecule has 2 atom stereocenters. The third kappa shape index (κ3) is 3.27. The van der Waals surface area contributed by atoms with Crippen LogP contribution in [-0.2, 0) is 4.79 Å². The second kappa shape index (κ2) is 5.76. The minimum Gasteiger partial charge on any atom is -0.324 e. The number of hydrogen-bond donors (Lipinski definition) is 1. The van der Waals surface area contributed by atoms with Gasteiger partial charge in [0.25, 0.3) is 0 Å². The Balaban J connectivity index is 2.81. The summed E-state index contributed by atoms with van der Waals surface area (Å²) in [6.07, 6.45) is 0. The van der Waals surface area contributed by atoms with E-state index in [9.17, 15) is 4.79 Å². The van der Waals surface area contributed by atoms with E-state index in [1.54, 1.807) is 25.1 Å². The van der Waals surface area contributed by atoms with E-state index >= 15 is 0 Å². The van der Waals surface area contributed by atoms with Crippen molar-refractivity contribution in [2.24, 2.45) is 0 Å². The van der Waals surface area contributed by atoms with Crippen LogP contribution in [0.5, 0.6) is 0 Å². The second-order valence-corrected chi connectivity index (χ2v) is 5.05. The van der Waals surface area contributed by atoms with E-state index in [4.69, 9.17) is 34.8 Å². The van der Waals surface area contributed by atoms with Crippen LogP contribution in [0.15, 0.2) is 18.2 Å². The minimum atomic E-state index is -0.764. The fourth-order valence-electron chi connectivity index (χ4n) is 1.15. The van der Waals surface area contributed by atoms with Gasteiger partial charge in [0.05, 0.1) is 5.38 Å². The normalized spacial score (nSPS) is 14.3. The topological polar surface area (TPSA) is 29.1 Å². The maximum Gasteiger partial charge on any atom is 0.243 e. The Labute approximate surface area is 110 Å². The van der Waals surface area contributed by atoms with Gasteiger partial charge in [-0.2, -0.15) is 0 Å². The Kier molecular flexibility index (Phi) is 4.90. The van der Waals surface area contributed by atoms with Crippen LogP contribution in [-0.4, -0.2) is 16.7 Å². The highest BCUT2D eigenvalue weighted by molar-refractivity contribution is 6.38. The molecule has 1 N–H and O–H groups in total. The molecular weight excluding hydrogens is 268 g/mol. The zero-order valence-corrected chi connectivity index (χ0v) is 11.2. The van der Waals surface area contributed by atoms with Gasteiger partial charge in [-0.05, 0) is 31.5 Å². The van der Waals surface area contributed by atoms with Gasteiger partial charge in [-0.1, -0.05) is 17.7 Å². The first-order valence-electron chi connectivity index (χ1n) is 4.77. The van der Waals surface area contributed by atoms with Crippen molar-refractivity contribution >= 4 is 46.4 Å². The predicted octanol–water partition coefficient (Wildman–Crippen LogP) is 3.82. The molecule has 1 aromatic carbocycles. The Morgan fingerprint density at radius 1 is 1.38 bits per heavy atom. The minimum absolute atomic E-state index is 0.325. The van der Waals surface area contributed by atoms with E-state index in [2.05, 4.69) is 5.32 Å². The number of nitrogens with one attached hydrogen (secondary N) is 1. The summed E-state index contributed by atoms with van der Waals surface area (Å²) in [5, 5.41) is 2.10. The summed E-state index contributed by atoms with van der Waals surface area (Å²) in [5.74, 6) is -0.325. The van der Waals surface area contributed by atoms with Crippen LogP contribution in [0.4, 0.5) is 5.69 Å². The second-order valence-electron chi connectivity index (χ2n) is 3.48. The van der Waals surface area contributed by atoms with Crippen molar-refractivity contribution in [3.8, 4) is 0 Å². The van der Waals surface area contributed by atoms with Crippen LogP contribution in [0.2, 0.25) is 5.02 Å². The van der Waals surface area contributed by atoms with Crippen molar-refractivity contribution in [1.29, 1.82) is 0 Å². The summed E-state index contributed by atoms with van der Waals surface area (Å²) in [6.45, 7) is 3.49. The first kappa shape index (κ1) is 13.6. The molecule has 0 aliphatic carbocycles. The van der Waals surface area contributed by atoms with Crippen molar-refractivity contribution < 1.29 is 4.79 Å². The summed E-state index contributed by atoms with van der Waals surface area (Å²) in [6, 6.07) is 5.29. The number of hydrogen-bond acceptors (Lipinski definition) is 1. The van der Waals surface area contributed by atoms with Gasteiger partial charge >= 0.3 is 0 Å². The van der Waals surface area contributed by atoms with Gasteiger partial charge in [-0.25, -0.2) is 0 Å². The van der Waals surface area contributed by atoms with Gasteiger partial charge in [0.15, 0.2) is 0 Å². The molecule has 0 aliphatic rings. The molecule has 0 aliphatic heterocycles. The van der Waals surface area contributed by atoms with E-state index in [0.717, 1.165) is 5.56 Å². The van der Waals surface area contributed by atoms with Crippen molar-refractivity contribution in [2.75, 3.05) is 5.32 Å². The molecule has 1 aromatic rings. The fraction of sp³-hybridized carbons (Fsp3) is 0.364.